The fourth-order valence-electron chi connectivity index (χ4n) is 1.99. The molecule has 0 saturated heterocycles. The number of amides is 2. The van der Waals surface area contributed by atoms with Gasteiger partial charge in [-0.2, -0.15) is 0 Å². The number of hydrogen-bond acceptors (Lipinski definition) is 2. The van der Waals surface area contributed by atoms with E-state index in [4.69, 9.17) is 4.74 Å². The molecular weight excluding hydrogens is 240 g/mol. The van der Waals surface area contributed by atoms with Gasteiger partial charge >= 0.3 is 6.03 Å². The van der Waals surface area contributed by atoms with E-state index in [1.165, 1.54) is 0 Å². The third kappa shape index (κ3) is 4.47. The Hall–Kier alpha value is -1.71. The average Bonchev–Trinajstić information content (AvgIpc) is 2.42. The molecule has 0 saturated carbocycles. The van der Waals surface area contributed by atoms with Gasteiger partial charge in [-0.25, -0.2) is 4.79 Å². The Morgan fingerprint density at radius 2 is 2.11 bits per heavy atom. The molecule has 1 rings (SSSR count). The van der Waals surface area contributed by atoms with E-state index >= 15 is 0 Å². The van der Waals surface area contributed by atoms with Crippen LogP contribution >= 0.6 is 0 Å². The lowest BCUT2D eigenvalue weighted by molar-refractivity contribution is 0.236. The highest BCUT2D eigenvalue weighted by Gasteiger charge is 2.13. The molecule has 0 spiro atoms. The molecule has 1 atom stereocenters. The Bertz CT molecular complexity index is 419. The van der Waals surface area contributed by atoms with Gasteiger partial charge in [0.2, 0.25) is 0 Å². The van der Waals surface area contributed by atoms with Crippen LogP contribution in [0.25, 0.3) is 0 Å². The smallest absolute Gasteiger partial charge is 0.315 e. The molecule has 0 bridgehead atoms. The van der Waals surface area contributed by atoms with Gasteiger partial charge in [0.15, 0.2) is 0 Å². The van der Waals surface area contributed by atoms with Crippen LogP contribution in [0.15, 0.2) is 18.2 Å². The van der Waals surface area contributed by atoms with Crippen LogP contribution in [-0.4, -0.2) is 19.7 Å². The number of carbonyl (C=O) groups is 1. The molecule has 19 heavy (non-hydrogen) atoms. The van der Waals surface area contributed by atoms with E-state index in [9.17, 15) is 4.79 Å². The first kappa shape index (κ1) is 15.3. The van der Waals surface area contributed by atoms with Crippen molar-refractivity contribution in [3.05, 3.63) is 29.3 Å². The number of rotatable bonds is 6. The highest BCUT2D eigenvalue weighted by Crippen LogP contribution is 2.24. The minimum Gasteiger partial charge on any atom is -0.496 e. The molecule has 0 aromatic heterocycles. The summed E-state index contributed by atoms with van der Waals surface area (Å²) in [6.07, 6.45) is 1.79. The van der Waals surface area contributed by atoms with Crippen LogP contribution in [0.2, 0.25) is 0 Å². The molecule has 0 aliphatic heterocycles. The molecule has 0 unspecified atom stereocenters. The third-order valence-corrected chi connectivity index (χ3v) is 3.07. The molecule has 106 valence electrons. The van der Waals surface area contributed by atoms with Crippen molar-refractivity contribution in [1.29, 1.82) is 0 Å². The van der Waals surface area contributed by atoms with Gasteiger partial charge in [-0.05, 0) is 37.0 Å². The normalized spacial score (nSPS) is 11.8. The average molecular weight is 264 g/mol. The zero-order valence-corrected chi connectivity index (χ0v) is 12.2. The van der Waals surface area contributed by atoms with Crippen molar-refractivity contribution >= 4 is 6.03 Å². The summed E-state index contributed by atoms with van der Waals surface area (Å²) in [5, 5.41) is 5.82. The Morgan fingerprint density at radius 3 is 2.63 bits per heavy atom. The van der Waals surface area contributed by atoms with Crippen molar-refractivity contribution in [2.45, 2.75) is 39.7 Å². The number of methoxy groups -OCH3 is 1. The topological polar surface area (TPSA) is 50.4 Å². The standard InChI is InChI=1S/C15H24N2O2/c1-5-9-16-15(18)17-13(6-2)12-7-8-14(19-4)11(3)10-12/h7-8,10,13H,5-6,9H2,1-4H3,(H2,16,17,18)/t13-/m0/s1. The van der Waals surface area contributed by atoms with Crippen LogP contribution in [0.5, 0.6) is 5.75 Å². The minimum absolute atomic E-state index is 0.0291. The van der Waals surface area contributed by atoms with Crippen LogP contribution < -0.4 is 15.4 Å². The van der Waals surface area contributed by atoms with Gasteiger partial charge in [0, 0.05) is 6.54 Å². The number of carbonyl (C=O) groups excluding carboxylic acids is 1. The highest BCUT2D eigenvalue weighted by atomic mass is 16.5. The van der Waals surface area contributed by atoms with Crippen LogP contribution in [0.3, 0.4) is 0 Å². The number of urea groups is 1. The Kier molecular flexibility index (Phi) is 6.19. The summed E-state index contributed by atoms with van der Waals surface area (Å²) in [4.78, 5) is 11.7. The fraction of sp³-hybridized carbons (Fsp3) is 0.533. The zero-order chi connectivity index (χ0) is 14.3. The summed E-state index contributed by atoms with van der Waals surface area (Å²) in [6.45, 7) is 6.80. The van der Waals surface area contributed by atoms with E-state index in [1.54, 1.807) is 7.11 Å². The first-order chi connectivity index (χ1) is 9.12. The molecule has 4 nitrogen and oxygen atoms in total. The van der Waals surface area contributed by atoms with Gasteiger partial charge in [0.25, 0.3) is 0 Å². The Balaban J connectivity index is 2.74. The summed E-state index contributed by atoms with van der Waals surface area (Å²) < 4.78 is 5.25. The lowest BCUT2D eigenvalue weighted by atomic mass is 10.0. The van der Waals surface area contributed by atoms with Crippen molar-refractivity contribution in [3.8, 4) is 5.75 Å². The maximum Gasteiger partial charge on any atom is 0.315 e. The Labute approximate surface area is 115 Å². The molecule has 0 radical (unpaired) electrons. The Morgan fingerprint density at radius 1 is 1.37 bits per heavy atom. The van der Waals surface area contributed by atoms with Crippen molar-refractivity contribution in [2.24, 2.45) is 0 Å². The second kappa shape index (κ2) is 7.67. The van der Waals surface area contributed by atoms with Crippen LogP contribution in [-0.2, 0) is 0 Å². The predicted molar refractivity (Wildman–Crippen MR) is 77.6 cm³/mol. The summed E-state index contributed by atoms with van der Waals surface area (Å²) in [5.41, 5.74) is 2.18. The molecule has 0 heterocycles. The van der Waals surface area contributed by atoms with E-state index in [0.29, 0.717) is 6.54 Å². The number of aryl methyl sites for hydroxylation is 1. The molecule has 1 aromatic carbocycles. The fourth-order valence-corrected chi connectivity index (χ4v) is 1.99. The summed E-state index contributed by atoms with van der Waals surface area (Å²) >= 11 is 0. The predicted octanol–water partition coefficient (Wildman–Crippen LogP) is 3.16. The minimum atomic E-state index is -0.109. The van der Waals surface area contributed by atoms with Crippen LogP contribution in [0.1, 0.15) is 43.9 Å². The SMILES string of the molecule is CCCNC(=O)N[C@@H](CC)c1ccc(OC)c(C)c1. The van der Waals surface area contributed by atoms with Crippen LogP contribution in [0, 0.1) is 6.92 Å². The summed E-state index contributed by atoms with van der Waals surface area (Å²) in [7, 11) is 1.66. The molecule has 1 aromatic rings. The molecule has 2 amide bonds. The van der Waals surface area contributed by atoms with Gasteiger partial charge in [0.05, 0.1) is 13.2 Å². The highest BCUT2D eigenvalue weighted by molar-refractivity contribution is 5.74. The third-order valence-electron chi connectivity index (χ3n) is 3.07. The number of ether oxygens (including phenoxy) is 1. The zero-order valence-electron chi connectivity index (χ0n) is 12.2. The van der Waals surface area contributed by atoms with Crippen molar-refractivity contribution in [1.82, 2.24) is 10.6 Å². The first-order valence-electron chi connectivity index (χ1n) is 6.81. The summed E-state index contributed by atoms with van der Waals surface area (Å²) in [5.74, 6) is 0.869. The second-order valence-electron chi connectivity index (χ2n) is 4.59. The van der Waals surface area contributed by atoms with Crippen LogP contribution in [0.4, 0.5) is 4.79 Å². The second-order valence-corrected chi connectivity index (χ2v) is 4.59. The molecule has 0 aliphatic carbocycles. The lowest BCUT2D eigenvalue weighted by Gasteiger charge is -2.19. The molecule has 0 aliphatic rings. The van der Waals surface area contributed by atoms with E-state index in [0.717, 1.165) is 29.7 Å². The number of benzene rings is 1. The number of hydrogen-bond donors (Lipinski definition) is 2. The van der Waals surface area contributed by atoms with Gasteiger partial charge in [0.1, 0.15) is 5.75 Å². The monoisotopic (exact) mass is 264 g/mol. The maximum absolute atomic E-state index is 11.7. The van der Waals surface area contributed by atoms with E-state index in [2.05, 4.69) is 23.6 Å². The van der Waals surface area contributed by atoms with E-state index in [1.807, 2.05) is 26.0 Å². The summed E-state index contributed by atoms with van der Waals surface area (Å²) in [6, 6.07) is 5.93. The number of nitrogens with one attached hydrogen (secondary N) is 2. The van der Waals surface area contributed by atoms with Crippen molar-refractivity contribution in [3.63, 3.8) is 0 Å². The maximum atomic E-state index is 11.7. The largest absolute Gasteiger partial charge is 0.496 e. The molecule has 4 heteroatoms. The van der Waals surface area contributed by atoms with Crippen molar-refractivity contribution in [2.75, 3.05) is 13.7 Å². The van der Waals surface area contributed by atoms with Gasteiger partial charge in [-0.1, -0.05) is 26.0 Å². The molecule has 2 N–H and O–H groups in total. The van der Waals surface area contributed by atoms with Gasteiger partial charge in [-0.3, -0.25) is 0 Å². The van der Waals surface area contributed by atoms with Gasteiger partial charge in [-0.15, -0.1) is 0 Å². The molecule has 0 fully saturated rings. The quantitative estimate of drug-likeness (QED) is 0.829. The van der Waals surface area contributed by atoms with Crippen molar-refractivity contribution < 1.29 is 9.53 Å². The van der Waals surface area contributed by atoms with E-state index in [-0.39, 0.29) is 12.1 Å². The lowest BCUT2D eigenvalue weighted by Crippen LogP contribution is -2.38. The molecular formula is C15H24N2O2. The van der Waals surface area contributed by atoms with Gasteiger partial charge < -0.3 is 15.4 Å². The van der Waals surface area contributed by atoms with E-state index < -0.39 is 0 Å². The first-order valence-corrected chi connectivity index (χ1v) is 6.81.